The fraction of sp³-hybridized carbons (Fsp3) is 0.357. The van der Waals surface area contributed by atoms with Crippen molar-refractivity contribution < 1.29 is 13.2 Å². The fourth-order valence-corrected chi connectivity index (χ4v) is 2.77. The normalized spacial score (nSPS) is 11.5. The summed E-state index contributed by atoms with van der Waals surface area (Å²) in [5, 5.41) is 11.6. The minimum absolute atomic E-state index is 0.157. The summed E-state index contributed by atoms with van der Waals surface area (Å²) in [4.78, 5) is 4.13. The lowest BCUT2D eigenvalue weighted by Crippen LogP contribution is -2.26. The van der Waals surface area contributed by atoms with Gasteiger partial charge in [0.2, 0.25) is 16.0 Å². The summed E-state index contributed by atoms with van der Waals surface area (Å²) in [5.74, 6) is 0.396. The second-order valence-corrected chi connectivity index (χ2v) is 7.79. The molecule has 0 aliphatic rings. The van der Waals surface area contributed by atoms with Crippen molar-refractivity contribution >= 4 is 45.0 Å². The number of hydrogen-bond acceptors (Lipinski definition) is 8. The molecule has 0 saturated carbocycles. The van der Waals surface area contributed by atoms with Crippen LogP contribution in [0.25, 0.3) is 11.3 Å². The lowest BCUT2D eigenvalue weighted by molar-refractivity contribution is 0.149. The van der Waals surface area contributed by atoms with Gasteiger partial charge in [-0.2, -0.15) is 4.98 Å². The van der Waals surface area contributed by atoms with Crippen LogP contribution in [0.15, 0.2) is 18.2 Å². The van der Waals surface area contributed by atoms with Gasteiger partial charge < -0.3 is 15.8 Å². The van der Waals surface area contributed by atoms with E-state index in [0.717, 1.165) is 6.26 Å². The minimum atomic E-state index is -3.20. The average molecular weight is 421 g/mol. The minimum Gasteiger partial charge on any atom is -0.382 e. The molecule has 0 atom stereocenters. The van der Waals surface area contributed by atoms with Crippen LogP contribution in [-0.4, -0.2) is 56.2 Å². The number of rotatable bonds is 9. The maximum absolute atomic E-state index is 10.9. The van der Waals surface area contributed by atoms with E-state index in [9.17, 15) is 8.42 Å². The lowest BCUT2D eigenvalue weighted by Gasteiger charge is -2.09. The summed E-state index contributed by atoms with van der Waals surface area (Å²) in [6.45, 7) is 1.19. The summed E-state index contributed by atoms with van der Waals surface area (Å²) in [6.07, 6.45) is 1.09. The predicted molar refractivity (Wildman–Crippen MR) is 102 cm³/mol. The van der Waals surface area contributed by atoms with Crippen LogP contribution in [0.3, 0.4) is 0 Å². The monoisotopic (exact) mass is 420 g/mol. The number of benzene rings is 1. The highest BCUT2D eigenvalue weighted by molar-refractivity contribution is 7.88. The van der Waals surface area contributed by atoms with E-state index in [0.29, 0.717) is 34.5 Å². The molecular formula is C14H18Cl2N6O3S. The molecule has 2 rings (SSSR count). The van der Waals surface area contributed by atoms with Crippen molar-refractivity contribution in [1.29, 1.82) is 0 Å². The number of hydrogen-bond donors (Lipinski definition) is 3. The molecule has 0 spiro atoms. The number of halogens is 2. The van der Waals surface area contributed by atoms with E-state index in [2.05, 4.69) is 25.2 Å². The Labute approximate surface area is 161 Å². The Bertz CT molecular complexity index is 866. The van der Waals surface area contributed by atoms with Crippen molar-refractivity contribution in [3.8, 4) is 11.3 Å². The van der Waals surface area contributed by atoms with Crippen molar-refractivity contribution in [3.05, 3.63) is 28.2 Å². The van der Waals surface area contributed by atoms with E-state index in [1.165, 1.54) is 0 Å². The van der Waals surface area contributed by atoms with E-state index in [1.54, 1.807) is 18.2 Å². The number of ether oxygens (including phenoxy) is 1. The topological polar surface area (TPSA) is 132 Å². The molecule has 0 aliphatic carbocycles. The van der Waals surface area contributed by atoms with Gasteiger partial charge in [0.05, 0.1) is 29.5 Å². The Kier molecular flexibility index (Phi) is 7.35. The number of aromatic nitrogens is 3. The number of anilines is 2. The second kappa shape index (κ2) is 9.28. The zero-order valence-electron chi connectivity index (χ0n) is 13.9. The highest BCUT2D eigenvalue weighted by Crippen LogP contribution is 2.34. The molecule has 0 bridgehead atoms. The maximum atomic E-state index is 10.9. The van der Waals surface area contributed by atoms with Crippen molar-refractivity contribution in [3.63, 3.8) is 0 Å². The molecule has 12 heteroatoms. The highest BCUT2D eigenvalue weighted by atomic mass is 35.5. The van der Waals surface area contributed by atoms with Crippen LogP contribution in [0.1, 0.15) is 0 Å². The van der Waals surface area contributed by atoms with Crippen LogP contribution in [-0.2, 0) is 14.8 Å². The molecule has 26 heavy (non-hydrogen) atoms. The van der Waals surface area contributed by atoms with Gasteiger partial charge in [-0.05, 0) is 6.07 Å². The number of nitrogen functional groups attached to an aromatic ring is 1. The molecular weight excluding hydrogens is 403 g/mol. The summed E-state index contributed by atoms with van der Waals surface area (Å²) >= 11 is 12.1. The summed E-state index contributed by atoms with van der Waals surface area (Å²) in [6, 6.07) is 5.11. The first-order valence-electron chi connectivity index (χ1n) is 7.49. The molecule has 2 aromatic rings. The average Bonchev–Trinajstić information content (AvgIpc) is 2.56. The van der Waals surface area contributed by atoms with E-state index in [4.69, 9.17) is 33.7 Å². The first-order chi connectivity index (χ1) is 12.3. The Morgan fingerprint density at radius 1 is 1.19 bits per heavy atom. The van der Waals surface area contributed by atoms with E-state index in [-0.39, 0.29) is 24.9 Å². The Morgan fingerprint density at radius 3 is 2.62 bits per heavy atom. The van der Waals surface area contributed by atoms with Crippen molar-refractivity contribution in [1.82, 2.24) is 19.9 Å². The first-order valence-corrected chi connectivity index (χ1v) is 10.1. The molecule has 0 radical (unpaired) electrons. The van der Waals surface area contributed by atoms with Gasteiger partial charge in [-0.3, -0.25) is 0 Å². The van der Waals surface area contributed by atoms with Crippen LogP contribution in [0.4, 0.5) is 11.8 Å². The smallest absolute Gasteiger partial charge is 0.244 e. The largest absolute Gasteiger partial charge is 0.382 e. The van der Waals surface area contributed by atoms with Gasteiger partial charge in [-0.1, -0.05) is 35.3 Å². The van der Waals surface area contributed by atoms with Gasteiger partial charge in [0.1, 0.15) is 5.69 Å². The Balaban J connectivity index is 1.85. The molecule has 4 N–H and O–H groups in total. The molecule has 0 aliphatic heterocycles. The lowest BCUT2D eigenvalue weighted by atomic mass is 10.1. The second-order valence-electron chi connectivity index (χ2n) is 5.18. The first kappa shape index (κ1) is 20.6. The van der Waals surface area contributed by atoms with Crippen LogP contribution in [0.2, 0.25) is 10.0 Å². The Morgan fingerprint density at radius 2 is 1.92 bits per heavy atom. The third-order valence-corrected chi connectivity index (χ3v) is 4.61. The quantitative estimate of drug-likeness (QED) is 0.518. The standard InChI is InChI=1S/C14H18Cl2N6O3S/c1-26(23,24)19-6-8-25-7-5-18-14-20-13(17)12(21-22-14)9-3-2-4-10(15)11(9)16/h2-4,19H,5-8H2,1H3,(H3,17,18,20,22). The third kappa shape index (κ3) is 6.22. The molecule has 0 fully saturated rings. The fourth-order valence-electron chi connectivity index (χ4n) is 1.93. The summed E-state index contributed by atoms with van der Waals surface area (Å²) in [7, 11) is -3.20. The van der Waals surface area contributed by atoms with E-state index < -0.39 is 10.0 Å². The molecule has 0 amide bonds. The molecule has 1 aromatic carbocycles. The van der Waals surface area contributed by atoms with Crippen LogP contribution < -0.4 is 15.8 Å². The predicted octanol–water partition coefficient (Wildman–Crippen LogP) is 1.41. The van der Waals surface area contributed by atoms with Crippen molar-refractivity contribution in [2.45, 2.75) is 0 Å². The van der Waals surface area contributed by atoms with Gasteiger partial charge in [0.25, 0.3) is 0 Å². The van der Waals surface area contributed by atoms with E-state index >= 15 is 0 Å². The zero-order valence-corrected chi connectivity index (χ0v) is 16.2. The van der Waals surface area contributed by atoms with Gasteiger partial charge in [0.15, 0.2) is 5.82 Å². The summed E-state index contributed by atoms with van der Waals surface area (Å²) in [5.41, 5.74) is 6.82. The van der Waals surface area contributed by atoms with Gasteiger partial charge in [0, 0.05) is 18.7 Å². The molecule has 0 saturated heterocycles. The van der Waals surface area contributed by atoms with Crippen molar-refractivity contribution in [2.75, 3.05) is 43.6 Å². The van der Waals surface area contributed by atoms with Crippen LogP contribution in [0, 0.1) is 0 Å². The maximum Gasteiger partial charge on any atom is 0.244 e. The molecule has 9 nitrogen and oxygen atoms in total. The van der Waals surface area contributed by atoms with E-state index in [1.807, 2.05) is 0 Å². The number of nitrogens with two attached hydrogens (primary N) is 1. The number of nitrogens with one attached hydrogen (secondary N) is 2. The van der Waals surface area contributed by atoms with Crippen LogP contribution in [0.5, 0.6) is 0 Å². The highest BCUT2D eigenvalue weighted by Gasteiger charge is 2.13. The number of sulfonamides is 1. The molecule has 142 valence electrons. The molecule has 1 aromatic heterocycles. The summed E-state index contributed by atoms with van der Waals surface area (Å²) < 4.78 is 29.4. The van der Waals surface area contributed by atoms with Gasteiger partial charge in [-0.15, -0.1) is 10.2 Å². The van der Waals surface area contributed by atoms with Gasteiger partial charge in [-0.25, -0.2) is 13.1 Å². The zero-order chi connectivity index (χ0) is 19.2. The van der Waals surface area contributed by atoms with Gasteiger partial charge >= 0.3 is 0 Å². The third-order valence-electron chi connectivity index (χ3n) is 3.06. The van der Waals surface area contributed by atoms with Crippen molar-refractivity contribution in [2.24, 2.45) is 0 Å². The molecule has 1 heterocycles. The Hall–Kier alpha value is -1.72. The molecule has 0 unspecified atom stereocenters. The van der Waals surface area contributed by atoms with Crippen LogP contribution >= 0.6 is 23.2 Å². The SMILES string of the molecule is CS(=O)(=O)NCCOCCNc1nnc(-c2cccc(Cl)c2Cl)c(N)n1. The number of nitrogens with zero attached hydrogens (tertiary/aromatic N) is 3.